The van der Waals surface area contributed by atoms with Crippen LogP contribution in [0.25, 0.3) is 11.5 Å². The zero-order valence-electron chi connectivity index (χ0n) is 12.1. The molecule has 0 atom stereocenters. The van der Waals surface area contributed by atoms with E-state index in [4.69, 9.17) is 16.0 Å². The Labute approximate surface area is 134 Å². The molecule has 0 N–H and O–H groups in total. The van der Waals surface area contributed by atoms with Gasteiger partial charge in [-0.2, -0.15) is 0 Å². The quantitative estimate of drug-likeness (QED) is 0.633. The van der Waals surface area contributed by atoms with Crippen LogP contribution in [0.4, 0.5) is 0 Å². The molecule has 112 valence electrons. The summed E-state index contributed by atoms with van der Waals surface area (Å²) >= 11 is 6.03. The maximum atomic E-state index is 6.03. The van der Waals surface area contributed by atoms with Gasteiger partial charge in [0.05, 0.1) is 6.54 Å². The first-order valence-corrected chi connectivity index (χ1v) is 7.39. The van der Waals surface area contributed by atoms with Crippen LogP contribution in [0.15, 0.2) is 59.1 Å². The topological polar surface area (TPSA) is 41.6 Å². The number of amidine groups is 1. The van der Waals surface area contributed by atoms with Gasteiger partial charge in [0, 0.05) is 29.8 Å². The Bertz CT molecular complexity index is 748. The van der Waals surface area contributed by atoms with Crippen LogP contribution in [-0.4, -0.2) is 22.3 Å². The van der Waals surface area contributed by atoms with E-state index in [9.17, 15) is 0 Å². The largest absolute Gasteiger partial charge is 0.441 e. The van der Waals surface area contributed by atoms with Crippen LogP contribution in [0.1, 0.15) is 11.5 Å². The molecule has 5 heteroatoms. The highest BCUT2D eigenvalue weighted by atomic mass is 35.5. The maximum absolute atomic E-state index is 6.03. The second-order valence-electron chi connectivity index (χ2n) is 4.94. The van der Waals surface area contributed by atoms with Crippen LogP contribution in [0.2, 0.25) is 5.02 Å². The summed E-state index contributed by atoms with van der Waals surface area (Å²) in [5.41, 5.74) is 1.82. The van der Waals surface area contributed by atoms with E-state index in [0.717, 1.165) is 35.8 Å². The van der Waals surface area contributed by atoms with E-state index in [1.807, 2.05) is 24.3 Å². The molecule has 1 aromatic heterocycles. The number of oxazole rings is 1. The fourth-order valence-corrected chi connectivity index (χ4v) is 2.69. The number of fused-ring (bicyclic) bond motifs is 1. The van der Waals surface area contributed by atoms with Crippen LogP contribution in [-0.2, 0) is 13.0 Å². The highest BCUT2D eigenvalue weighted by Crippen LogP contribution is 2.27. The van der Waals surface area contributed by atoms with Gasteiger partial charge in [0.2, 0.25) is 5.89 Å². The van der Waals surface area contributed by atoms with Crippen molar-refractivity contribution in [1.29, 1.82) is 0 Å². The Kier molecular flexibility index (Phi) is 4.11. The predicted octanol–water partition coefficient (Wildman–Crippen LogP) is 4.08. The van der Waals surface area contributed by atoms with E-state index < -0.39 is 0 Å². The third-order valence-electron chi connectivity index (χ3n) is 3.53. The molecule has 1 aliphatic heterocycles. The Morgan fingerprint density at radius 1 is 1.41 bits per heavy atom. The second kappa shape index (κ2) is 6.20. The molecule has 2 aromatic rings. The molecular formula is C17H16ClN3O. The lowest BCUT2D eigenvalue weighted by Gasteiger charge is -2.26. The molecule has 0 bridgehead atoms. The third-order valence-corrected chi connectivity index (χ3v) is 3.76. The number of aromatic nitrogens is 1. The summed E-state index contributed by atoms with van der Waals surface area (Å²) in [6, 6.07) is 7.51. The molecule has 0 saturated heterocycles. The van der Waals surface area contributed by atoms with E-state index in [0.29, 0.717) is 17.5 Å². The van der Waals surface area contributed by atoms with Crippen molar-refractivity contribution in [3.05, 3.63) is 66.2 Å². The van der Waals surface area contributed by atoms with E-state index in [1.54, 1.807) is 6.08 Å². The van der Waals surface area contributed by atoms with Gasteiger partial charge in [-0.05, 0) is 24.3 Å². The summed E-state index contributed by atoms with van der Waals surface area (Å²) in [4.78, 5) is 10.9. The average molecular weight is 314 g/mol. The number of aliphatic imine (C=N–C) groups is 1. The van der Waals surface area contributed by atoms with Gasteiger partial charge in [-0.25, -0.2) is 9.98 Å². The number of nitrogens with zero attached hydrogens (tertiary/aromatic N) is 3. The molecule has 2 heterocycles. The molecule has 1 aliphatic rings. The summed E-state index contributed by atoms with van der Waals surface area (Å²) in [6.45, 7) is 8.89. The maximum Gasteiger partial charge on any atom is 0.226 e. The van der Waals surface area contributed by atoms with Crippen molar-refractivity contribution in [3.8, 4) is 11.5 Å². The molecule has 0 saturated carbocycles. The minimum absolute atomic E-state index is 0.607. The lowest BCUT2D eigenvalue weighted by Crippen LogP contribution is -2.34. The predicted molar refractivity (Wildman–Crippen MR) is 88.9 cm³/mol. The fourth-order valence-electron chi connectivity index (χ4n) is 2.50. The SMILES string of the molecule is C=CN=C(C=C)N1CCc2oc(-c3cccc(Cl)c3)nc2C1. The Morgan fingerprint density at radius 3 is 3.00 bits per heavy atom. The molecular weight excluding hydrogens is 298 g/mol. The Balaban J connectivity index is 1.88. The smallest absolute Gasteiger partial charge is 0.226 e. The molecule has 22 heavy (non-hydrogen) atoms. The number of hydrogen-bond donors (Lipinski definition) is 0. The van der Waals surface area contributed by atoms with E-state index in [1.165, 1.54) is 6.20 Å². The Hall–Kier alpha value is -2.33. The van der Waals surface area contributed by atoms with Crippen molar-refractivity contribution in [1.82, 2.24) is 9.88 Å². The van der Waals surface area contributed by atoms with E-state index in [-0.39, 0.29) is 0 Å². The lowest BCUT2D eigenvalue weighted by molar-refractivity contribution is 0.361. The normalized spacial score (nSPS) is 14.6. The minimum atomic E-state index is 0.607. The molecule has 4 nitrogen and oxygen atoms in total. The first kappa shape index (κ1) is 14.6. The second-order valence-corrected chi connectivity index (χ2v) is 5.38. The summed E-state index contributed by atoms with van der Waals surface area (Å²) in [7, 11) is 0. The minimum Gasteiger partial charge on any atom is -0.441 e. The number of rotatable bonds is 3. The average Bonchev–Trinajstić information content (AvgIpc) is 2.95. The summed E-state index contributed by atoms with van der Waals surface area (Å²) in [6.07, 6.45) is 4.03. The van der Waals surface area contributed by atoms with Gasteiger partial charge in [-0.1, -0.05) is 30.8 Å². The van der Waals surface area contributed by atoms with Gasteiger partial charge >= 0.3 is 0 Å². The van der Waals surface area contributed by atoms with Gasteiger partial charge in [-0.3, -0.25) is 0 Å². The molecule has 0 unspecified atom stereocenters. The van der Waals surface area contributed by atoms with Crippen LogP contribution < -0.4 is 0 Å². The highest BCUT2D eigenvalue weighted by molar-refractivity contribution is 6.30. The summed E-state index contributed by atoms with van der Waals surface area (Å²) < 4.78 is 5.89. The van der Waals surface area contributed by atoms with Gasteiger partial charge in [0.1, 0.15) is 17.3 Å². The first-order valence-electron chi connectivity index (χ1n) is 7.02. The molecule has 0 radical (unpaired) electrons. The van der Waals surface area contributed by atoms with Crippen molar-refractivity contribution in [2.75, 3.05) is 6.54 Å². The van der Waals surface area contributed by atoms with Crippen LogP contribution in [0.3, 0.4) is 0 Å². The number of hydrogen-bond acceptors (Lipinski definition) is 3. The van der Waals surface area contributed by atoms with Crippen molar-refractivity contribution in [3.63, 3.8) is 0 Å². The standard InChI is InChI=1S/C17H16ClN3O/c1-3-16(19-4-2)21-9-8-15-14(11-21)20-17(22-15)12-6-5-7-13(18)10-12/h3-7,10H,1-2,8-9,11H2. The summed E-state index contributed by atoms with van der Waals surface area (Å²) in [5.74, 6) is 2.33. The van der Waals surface area contributed by atoms with Crippen molar-refractivity contribution in [2.45, 2.75) is 13.0 Å². The van der Waals surface area contributed by atoms with Gasteiger partial charge in [-0.15, -0.1) is 0 Å². The Morgan fingerprint density at radius 2 is 2.27 bits per heavy atom. The summed E-state index contributed by atoms with van der Waals surface area (Å²) in [5, 5.41) is 0.669. The molecule has 0 spiro atoms. The van der Waals surface area contributed by atoms with Gasteiger partial charge in [0.15, 0.2) is 0 Å². The van der Waals surface area contributed by atoms with Gasteiger partial charge in [0.25, 0.3) is 0 Å². The first-order chi connectivity index (χ1) is 10.7. The van der Waals surface area contributed by atoms with E-state index in [2.05, 4.69) is 28.0 Å². The van der Waals surface area contributed by atoms with Crippen LogP contribution in [0.5, 0.6) is 0 Å². The zero-order valence-corrected chi connectivity index (χ0v) is 12.9. The van der Waals surface area contributed by atoms with Crippen molar-refractivity contribution in [2.24, 2.45) is 4.99 Å². The third kappa shape index (κ3) is 2.83. The molecule has 0 aliphatic carbocycles. The monoisotopic (exact) mass is 313 g/mol. The zero-order chi connectivity index (χ0) is 15.5. The molecule has 3 rings (SSSR count). The van der Waals surface area contributed by atoms with Crippen molar-refractivity contribution >= 4 is 17.4 Å². The van der Waals surface area contributed by atoms with Crippen LogP contribution in [0, 0.1) is 0 Å². The molecule has 0 amide bonds. The lowest BCUT2D eigenvalue weighted by atomic mass is 10.1. The number of benzene rings is 1. The van der Waals surface area contributed by atoms with Crippen molar-refractivity contribution < 1.29 is 4.42 Å². The van der Waals surface area contributed by atoms with Gasteiger partial charge < -0.3 is 9.32 Å². The van der Waals surface area contributed by atoms with Crippen LogP contribution >= 0.6 is 11.6 Å². The molecule has 1 aromatic carbocycles. The van der Waals surface area contributed by atoms with E-state index >= 15 is 0 Å². The molecule has 0 fully saturated rings. The highest BCUT2D eigenvalue weighted by Gasteiger charge is 2.23. The fraction of sp³-hybridized carbons (Fsp3) is 0.176. The number of halogens is 1.